The minimum absolute atomic E-state index is 0.828. The summed E-state index contributed by atoms with van der Waals surface area (Å²) in [5, 5.41) is 0. The van der Waals surface area contributed by atoms with Gasteiger partial charge in [-0.1, -0.05) is 12.1 Å². The summed E-state index contributed by atoms with van der Waals surface area (Å²) in [6.45, 7) is 2.82. The van der Waals surface area contributed by atoms with Gasteiger partial charge in [0.05, 0.1) is 7.11 Å². The zero-order valence-corrected chi connectivity index (χ0v) is 10.9. The van der Waals surface area contributed by atoms with Crippen LogP contribution in [0, 0.1) is 6.92 Å². The van der Waals surface area contributed by atoms with Gasteiger partial charge in [0.25, 0.3) is 0 Å². The first-order valence-electron chi connectivity index (χ1n) is 5.01. The van der Waals surface area contributed by atoms with Crippen molar-refractivity contribution in [3.05, 3.63) is 46.5 Å². The molecule has 1 heterocycles. The first kappa shape index (κ1) is 11.2. The molecule has 2 aromatic rings. The number of aryl methyl sites for hydroxylation is 1. The van der Waals surface area contributed by atoms with Crippen molar-refractivity contribution >= 4 is 15.9 Å². The Labute approximate surface area is 103 Å². The van der Waals surface area contributed by atoms with Crippen molar-refractivity contribution in [2.24, 2.45) is 0 Å². The number of aromatic nitrogens is 2. The molecule has 0 aliphatic heterocycles. The highest BCUT2D eigenvalue weighted by Crippen LogP contribution is 2.15. The molecular formula is C12H13BrN2O. The number of benzene rings is 1. The minimum Gasteiger partial charge on any atom is -0.497 e. The molecule has 0 atom stereocenters. The monoisotopic (exact) mass is 280 g/mol. The Balaban J connectivity index is 2.17. The molecule has 0 unspecified atom stereocenters. The van der Waals surface area contributed by atoms with E-state index in [0.29, 0.717) is 0 Å². The third-order valence-electron chi connectivity index (χ3n) is 2.46. The lowest BCUT2D eigenvalue weighted by atomic mass is 10.2. The molecule has 0 aliphatic rings. The summed E-state index contributed by atoms with van der Waals surface area (Å²) in [4.78, 5) is 4.30. The maximum absolute atomic E-state index is 5.12. The molecule has 1 aromatic heterocycles. The van der Waals surface area contributed by atoms with Crippen LogP contribution in [-0.2, 0) is 6.54 Å². The van der Waals surface area contributed by atoms with Crippen molar-refractivity contribution in [3.8, 4) is 5.75 Å². The average molecular weight is 281 g/mol. The minimum atomic E-state index is 0.828. The summed E-state index contributed by atoms with van der Waals surface area (Å²) < 4.78 is 8.10. The molecule has 0 saturated heterocycles. The van der Waals surface area contributed by atoms with Crippen molar-refractivity contribution in [3.63, 3.8) is 0 Å². The molecule has 0 radical (unpaired) electrons. The molecule has 2 rings (SSSR count). The standard InChI is InChI=1S/C12H13BrN2O/c1-9-14-12(13)8-15(9)7-10-3-5-11(16-2)6-4-10/h3-6,8H,7H2,1-2H3. The van der Waals surface area contributed by atoms with Gasteiger partial charge in [-0.25, -0.2) is 4.98 Å². The van der Waals surface area contributed by atoms with Crippen molar-refractivity contribution in [1.82, 2.24) is 9.55 Å². The van der Waals surface area contributed by atoms with Crippen molar-refractivity contribution in [2.45, 2.75) is 13.5 Å². The number of ether oxygens (including phenoxy) is 1. The van der Waals surface area contributed by atoms with Crippen LogP contribution in [0.15, 0.2) is 35.1 Å². The van der Waals surface area contributed by atoms with Crippen LogP contribution in [0.4, 0.5) is 0 Å². The van der Waals surface area contributed by atoms with Gasteiger partial charge in [-0.05, 0) is 40.5 Å². The highest BCUT2D eigenvalue weighted by molar-refractivity contribution is 9.10. The fourth-order valence-corrected chi connectivity index (χ4v) is 2.06. The van der Waals surface area contributed by atoms with Crippen LogP contribution in [0.3, 0.4) is 0 Å². The average Bonchev–Trinajstić information content (AvgIpc) is 2.59. The number of rotatable bonds is 3. The second-order valence-corrected chi connectivity index (χ2v) is 4.40. The maximum Gasteiger partial charge on any atom is 0.124 e. The lowest BCUT2D eigenvalue weighted by Gasteiger charge is -2.06. The quantitative estimate of drug-likeness (QED) is 0.864. The van der Waals surface area contributed by atoms with E-state index in [1.54, 1.807) is 7.11 Å². The van der Waals surface area contributed by atoms with Gasteiger partial charge in [0.1, 0.15) is 16.2 Å². The van der Waals surface area contributed by atoms with E-state index in [4.69, 9.17) is 4.74 Å². The number of nitrogens with zero attached hydrogens (tertiary/aromatic N) is 2. The SMILES string of the molecule is COc1ccc(Cn2cc(Br)nc2C)cc1. The molecule has 1 aromatic carbocycles. The van der Waals surface area contributed by atoms with Gasteiger partial charge in [0.2, 0.25) is 0 Å². The van der Waals surface area contributed by atoms with Crippen LogP contribution in [0.2, 0.25) is 0 Å². The molecule has 0 aliphatic carbocycles. The van der Waals surface area contributed by atoms with E-state index < -0.39 is 0 Å². The Morgan fingerprint density at radius 3 is 2.50 bits per heavy atom. The summed E-state index contributed by atoms with van der Waals surface area (Å²) in [5.41, 5.74) is 1.23. The van der Waals surface area contributed by atoms with Crippen LogP contribution in [0.1, 0.15) is 11.4 Å². The lowest BCUT2D eigenvalue weighted by Crippen LogP contribution is -2.00. The number of hydrogen-bond donors (Lipinski definition) is 0. The van der Waals surface area contributed by atoms with E-state index in [9.17, 15) is 0 Å². The Kier molecular flexibility index (Phi) is 3.29. The zero-order valence-electron chi connectivity index (χ0n) is 9.27. The lowest BCUT2D eigenvalue weighted by molar-refractivity contribution is 0.414. The van der Waals surface area contributed by atoms with Crippen molar-refractivity contribution in [1.29, 1.82) is 0 Å². The molecule has 0 N–H and O–H groups in total. The number of imidazole rings is 1. The van der Waals surface area contributed by atoms with Gasteiger partial charge in [-0.3, -0.25) is 0 Å². The van der Waals surface area contributed by atoms with Crippen LogP contribution >= 0.6 is 15.9 Å². The van der Waals surface area contributed by atoms with E-state index in [2.05, 4.69) is 37.6 Å². The van der Waals surface area contributed by atoms with Crippen LogP contribution in [-0.4, -0.2) is 16.7 Å². The molecule has 3 nitrogen and oxygen atoms in total. The first-order valence-corrected chi connectivity index (χ1v) is 5.80. The van der Waals surface area contributed by atoms with E-state index in [1.807, 2.05) is 25.3 Å². The highest BCUT2D eigenvalue weighted by Gasteiger charge is 2.02. The number of methoxy groups -OCH3 is 1. The van der Waals surface area contributed by atoms with Gasteiger partial charge >= 0.3 is 0 Å². The zero-order chi connectivity index (χ0) is 11.5. The summed E-state index contributed by atoms with van der Waals surface area (Å²) in [7, 11) is 1.67. The second kappa shape index (κ2) is 4.70. The fourth-order valence-electron chi connectivity index (χ4n) is 1.56. The third-order valence-corrected chi connectivity index (χ3v) is 2.84. The number of halogens is 1. The van der Waals surface area contributed by atoms with Crippen LogP contribution in [0.25, 0.3) is 0 Å². The Bertz CT molecular complexity index is 476. The van der Waals surface area contributed by atoms with Gasteiger partial charge in [0, 0.05) is 12.7 Å². The molecule has 0 bridgehead atoms. The molecule has 16 heavy (non-hydrogen) atoms. The largest absolute Gasteiger partial charge is 0.497 e. The van der Waals surface area contributed by atoms with Crippen LogP contribution in [0.5, 0.6) is 5.75 Å². The molecule has 0 spiro atoms. The van der Waals surface area contributed by atoms with Crippen molar-refractivity contribution in [2.75, 3.05) is 7.11 Å². The van der Waals surface area contributed by atoms with Gasteiger partial charge in [0.15, 0.2) is 0 Å². The Morgan fingerprint density at radius 1 is 1.31 bits per heavy atom. The summed E-state index contributed by atoms with van der Waals surface area (Å²) >= 11 is 3.37. The van der Waals surface area contributed by atoms with Gasteiger partial charge in [-0.15, -0.1) is 0 Å². The third kappa shape index (κ3) is 2.44. The van der Waals surface area contributed by atoms with E-state index in [0.717, 1.165) is 22.7 Å². The first-order chi connectivity index (χ1) is 7.69. The predicted molar refractivity (Wildman–Crippen MR) is 66.8 cm³/mol. The number of hydrogen-bond acceptors (Lipinski definition) is 2. The highest BCUT2D eigenvalue weighted by atomic mass is 79.9. The normalized spacial score (nSPS) is 10.4. The predicted octanol–water partition coefficient (Wildman–Crippen LogP) is 3.01. The molecule has 4 heteroatoms. The maximum atomic E-state index is 5.12. The van der Waals surface area contributed by atoms with E-state index in [-0.39, 0.29) is 0 Å². The van der Waals surface area contributed by atoms with Gasteiger partial charge < -0.3 is 9.30 Å². The van der Waals surface area contributed by atoms with Crippen LogP contribution < -0.4 is 4.74 Å². The molecule has 0 saturated carbocycles. The molecular weight excluding hydrogens is 268 g/mol. The smallest absolute Gasteiger partial charge is 0.124 e. The van der Waals surface area contributed by atoms with E-state index >= 15 is 0 Å². The van der Waals surface area contributed by atoms with Crippen molar-refractivity contribution < 1.29 is 4.74 Å². The summed E-state index contributed by atoms with van der Waals surface area (Å²) in [5.74, 6) is 1.88. The second-order valence-electron chi connectivity index (χ2n) is 3.59. The molecule has 0 amide bonds. The van der Waals surface area contributed by atoms with E-state index in [1.165, 1.54) is 5.56 Å². The topological polar surface area (TPSA) is 27.1 Å². The molecule has 84 valence electrons. The molecule has 0 fully saturated rings. The van der Waals surface area contributed by atoms with Gasteiger partial charge in [-0.2, -0.15) is 0 Å². The Hall–Kier alpha value is -1.29. The Morgan fingerprint density at radius 2 is 2.00 bits per heavy atom. The summed E-state index contributed by atoms with van der Waals surface area (Å²) in [6, 6.07) is 8.06. The fraction of sp³-hybridized carbons (Fsp3) is 0.250. The summed E-state index contributed by atoms with van der Waals surface area (Å²) in [6.07, 6.45) is 1.99.